The molecule has 2 fully saturated rings. The molecule has 0 aromatic carbocycles. The lowest BCUT2D eigenvalue weighted by atomic mass is 10.1. The van der Waals surface area contributed by atoms with Crippen molar-refractivity contribution in [1.82, 2.24) is 14.2 Å². The molecule has 0 radical (unpaired) electrons. The standard InChI is InChI=1S/C12H17N3O4S/c1-20(17,18)15-7-10-5-14(6-11(8-15)19-10)12(16)9-2-3-13-4-9/h2-4,10-11,13H,5-8H2,1H3. The second kappa shape index (κ2) is 4.87. The lowest BCUT2D eigenvalue weighted by molar-refractivity contribution is -0.113. The molecule has 110 valence electrons. The number of morpholine rings is 2. The number of carbonyl (C=O) groups excluding carboxylic acids is 1. The summed E-state index contributed by atoms with van der Waals surface area (Å²) in [6, 6.07) is 1.73. The summed E-state index contributed by atoms with van der Waals surface area (Å²) in [5, 5.41) is 0. The number of fused-ring (bicyclic) bond motifs is 2. The van der Waals surface area contributed by atoms with Gasteiger partial charge in [-0.1, -0.05) is 0 Å². The van der Waals surface area contributed by atoms with E-state index in [1.54, 1.807) is 23.4 Å². The zero-order valence-electron chi connectivity index (χ0n) is 11.2. The van der Waals surface area contributed by atoms with Crippen molar-refractivity contribution in [2.45, 2.75) is 12.2 Å². The molecule has 8 heteroatoms. The smallest absolute Gasteiger partial charge is 0.255 e. The van der Waals surface area contributed by atoms with Gasteiger partial charge in [-0.15, -0.1) is 0 Å². The SMILES string of the molecule is CS(=O)(=O)N1CC2CN(C(=O)c3cc[nH]c3)CC(C1)O2. The number of aromatic nitrogens is 1. The Kier molecular flexibility index (Phi) is 3.31. The molecule has 2 bridgehead atoms. The molecule has 2 aliphatic heterocycles. The van der Waals surface area contributed by atoms with Gasteiger partial charge in [-0.05, 0) is 6.07 Å². The molecule has 1 N–H and O–H groups in total. The van der Waals surface area contributed by atoms with Crippen molar-refractivity contribution in [3.8, 4) is 0 Å². The van der Waals surface area contributed by atoms with Crippen LogP contribution >= 0.6 is 0 Å². The molecule has 3 rings (SSSR count). The fourth-order valence-electron chi connectivity index (χ4n) is 2.73. The average molecular weight is 299 g/mol. The van der Waals surface area contributed by atoms with Crippen LogP contribution in [0.15, 0.2) is 18.5 Å². The third-order valence-corrected chi connectivity index (χ3v) is 4.88. The summed E-state index contributed by atoms with van der Waals surface area (Å²) in [6.45, 7) is 1.47. The van der Waals surface area contributed by atoms with E-state index < -0.39 is 10.0 Å². The van der Waals surface area contributed by atoms with Crippen molar-refractivity contribution in [1.29, 1.82) is 0 Å². The number of hydrogen-bond donors (Lipinski definition) is 1. The van der Waals surface area contributed by atoms with Gasteiger partial charge in [-0.3, -0.25) is 4.79 Å². The van der Waals surface area contributed by atoms with Gasteiger partial charge in [-0.25, -0.2) is 8.42 Å². The van der Waals surface area contributed by atoms with Gasteiger partial charge in [0.2, 0.25) is 10.0 Å². The first-order chi connectivity index (χ1) is 9.43. The second-order valence-corrected chi connectivity index (χ2v) is 7.25. The molecule has 1 aromatic rings. The Morgan fingerprint density at radius 2 is 1.95 bits per heavy atom. The fourth-order valence-corrected chi connectivity index (χ4v) is 3.60. The highest BCUT2D eigenvalue weighted by Crippen LogP contribution is 2.22. The Morgan fingerprint density at radius 1 is 1.30 bits per heavy atom. The highest BCUT2D eigenvalue weighted by Gasteiger charge is 2.39. The van der Waals surface area contributed by atoms with E-state index in [0.29, 0.717) is 31.7 Å². The predicted molar refractivity (Wildman–Crippen MR) is 71.8 cm³/mol. The highest BCUT2D eigenvalue weighted by molar-refractivity contribution is 7.88. The maximum Gasteiger partial charge on any atom is 0.255 e. The fraction of sp³-hybridized carbons (Fsp3) is 0.583. The summed E-state index contributed by atoms with van der Waals surface area (Å²) >= 11 is 0. The second-order valence-electron chi connectivity index (χ2n) is 5.27. The number of rotatable bonds is 2. The molecule has 0 spiro atoms. The van der Waals surface area contributed by atoms with Crippen molar-refractivity contribution in [3.63, 3.8) is 0 Å². The first kappa shape index (κ1) is 13.6. The van der Waals surface area contributed by atoms with Gasteiger partial charge in [-0.2, -0.15) is 4.31 Å². The number of sulfonamides is 1. The van der Waals surface area contributed by atoms with E-state index in [4.69, 9.17) is 4.74 Å². The maximum atomic E-state index is 12.3. The van der Waals surface area contributed by atoms with Crippen LogP contribution in [-0.4, -0.2) is 73.2 Å². The topological polar surface area (TPSA) is 82.7 Å². The molecule has 2 saturated heterocycles. The van der Waals surface area contributed by atoms with Crippen LogP contribution in [0.5, 0.6) is 0 Å². The molecular weight excluding hydrogens is 282 g/mol. The van der Waals surface area contributed by atoms with Crippen LogP contribution < -0.4 is 0 Å². The molecule has 7 nitrogen and oxygen atoms in total. The Hall–Kier alpha value is -1.38. The van der Waals surface area contributed by atoms with E-state index in [-0.39, 0.29) is 18.1 Å². The van der Waals surface area contributed by atoms with Crippen molar-refractivity contribution >= 4 is 15.9 Å². The first-order valence-corrected chi connectivity index (χ1v) is 8.31. The van der Waals surface area contributed by atoms with Gasteiger partial charge in [0.05, 0.1) is 24.0 Å². The van der Waals surface area contributed by atoms with Crippen LogP contribution in [-0.2, 0) is 14.8 Å². The minimum absolute atomic E-state index is 0.0441. The number of hydrogen-bond acceptors (Lipinski definition) is 4. The predicted octanol–water partition coefficient (Wildman–Crippen LogP) is -0.500. The molecule has 0 aliphatic carbocycles. The zero-order chi connectivity index (χ0) is 14.3. The normalized spacial score (nSPS) is 27.6. The van der Waals surface area contributed by atoms with Crippen LogP contribution in [0.2, 0.25) is 0 Å². The number of nitrogens with zero attached hydrogens (tertiary/aromatic N) is 2. The molecule has 20 heavy (non-hydrogen) atoms. The Morgan fingerprint density at radius 3 is 2.45 bits per heavy atom. The van der Waals surface area contributed by atoms with E-state index >= 15 is 0 Å². The van der Waals surface area contributed by atoms with E-state index in [2.05, 4.69) is 4.98 Å². The third kappa shape index (κ3) is 2.58. The summed E-state index contributed by atoms with van der Waals surface area (Å²) in [5.74, 6) is -0.0441. The molecule has 0 saturated carbocycles. The van der Waals surface area contributed by atoms with Crippen molar-refractivity contribution in [2.24, 2.45) is 0 Å². The van der Waals surface area contributed by atoms with Gasteiger partial charge in [0.25, 0.3) is 5.91 Å². The van der Waals surface area contributed by atoms with Gasteiger partial charge < -0.3 is 14.6 Å². The summed E-state index contributed by atoms with van der Waals surface area (Å²) in [6.07, 6.45) is 4.08. The van der Waals surface area contributed by atoms with E-state index in [1.165, 1.54) is 10.6 Å². The number of H-pyrrole nitrogens is 1. The summed E-state index contributed by atoms with van der Waals surface area (Å²) in [5.41, 5.74) is 0.616. The van der Waals surface area contributed by atoms with Gasteiger partial charge in [0.1, 0.15) is 0 Å². The van der Waals surface area contributed by atoms with E-state index in [0.717, 1.165) is 0 Å². The van der Waals surface area contributed by atoms with Crippen LogP contribution in [0, 0.1) is 0 Å². The largest absolute Gasteiger partial charge is 0.369 e. The van der Waals surface area contributed by atoms with Gasteiger partial charge in [0, 0.05) is 38.6 Å². The van der Waals surface area contributed by atoms with E-state index in [1.807, 2.05) is 0 Å². The number of amides is 1. The Labute approximate surface area is 117 Å². The quantitative estimate of drug-likeness (QED) is 0.798. The van der Waals surface area contributed by atoms with Gasteiger partial charge >= 0.3 is 0 Å². The molecule has 1 aromatic heterocycles. The van der Waals surface area contributed by atoms with Crippen molar-refractivity contribution < 1.29 is 17.9 Å². The lowest BCUT2D eigenvalue weighted by Gasteiger charge is -2.44. The minimum atomic E-state index is -3.20. The van der Waals surface area contributed by atoms with Crippen LogP contribution in [0.3, 0.4) is 0 Å². The monoisotopic (exact) mass is 299 g/mol. The number of aromatic amines is 1. The molecule has 2 aliphatic rings. The van der Waals surface area contributed by atoms with Gasteiger partial charge in [0.15, 0.2) is 0 Å². The molecular formula is C12H17N3O4S. The maximum absolute atomic E-state index is 12.3. The molecule has 1 amide bonds. The van der Waals surface area contributed by atoms with Crippen LogP contribution in [0.4, 0.5) is 0 Å². The number of nitrogens with one attached hydrogen (secondary N) is 1. The molecule has 2 atom stereocenters. The lowest BCUT2D eigenvalue weighted by Crippen LogP contribution is -2.61. The Balaban J connectivity index is 1.72. The highest BCUT2D eigenvalue weighted by atomic mass is 32.2. The molecule has 3 heterocycles. The first-order valence-electron chi connectivity index (χ1n) is 6.46. The van der Waals surface area contributed by atoms with Crippen LogP contribution in [0.1, 0.15) is 10.4 Å². The number of ether oxygens (including phenoxy) is 1. The third-order valence-electron chi connectivity index (χ3n) is 3.65. The van der Waals surface area contributed by atoms with Crippen LogP contribution in [0.25, 0.3) is 0 Å². The average Bonchev–Trinajstić information content (AvgIpc) is 2.89. The Bertz CT molecular complexity index is 584. The van der Waals surface area contributed by atoms with Crippen molar-refractivity contribution in [2.75, 3.05) is 32.4 Å². The summed E-state index contributed by atoms with van der Waals surface area (Å²) in [7, 11) is -3.20. The summed E-state index contributed by atoms with van der Waals surface area (Å²) in [4.78, 5) is 16.9. The summed E-state index contributed by atoms with van der Waals surface area (Å²) < 4.78 is 30.4. The minimum Gasteiger partial charge on any atom is -0.369 e. The zero-order valence-corrected chi connectivity index (χ0v) is 12.0. The van der Waals surface area contributed by atoms with Crippen molar-refractivity contribution in [3.05, 3.63) is 24.0 Å². The molecule has 2 unspecified atom stereocenters. The number of carbonyl (C=O) groups is 1. The van der Waals surface area contributed by atoms with E-state index in [9.17, 15) is 13.2 Å².